The quantitative estimate of drug-likeness (QED) is 0.279. The summed E-state index contributed by atoms with van der Waals surface area (Å²) in [7, 11) is -3.70. The highest BCUT2D eigenvalue weighted by atomic mass is 32.3. The number of aromatic nitrogens is 2. The van der Waals surface area contributed by atoms with E-state index >= 15 is 0 Å². The maximum atomic E-state index is 13.7. The molecule has 0 fully saturated rings. The van der Waals surface area contributed by atoms with Crippen molar-refractivity contribution in [2.75, 3.05) is 7.11 Å². The highest BCUT2D eigenvalue weighted by Crippen LogP contribution is 2.37. The van der Waals surface area contributed by atoms with Crippen molar-refractivity contribution in [3.63, 3.8) is 0 Å². The van der Waals surface area contributed by atoms with Gasteiger partial charge in [-0.2, -0.15) is 8.42 Å². The van der Waals surface area contributed by atoms with E-state index in [4.69, 9.17) is 11.2 Å². The number of H-pyrrole nitrogens is 1. The molecule has 5 rings (SSSR count). The summed E-state index contributed by atoms with van der Waals surface area (Å²) in [4.78, 5) is 17.0. The molecule has 0 amide bonds. The summed E-state index contributed by atoms with van der Waals surface area (Å²) < 4.78 is 46.9. The Labute approximate surface area is 200 Å². The first-order valence-electron chi connectivity index (χ1n) is 10.6. The van der Waals surface area contributed by atoms with Gasteiger partial charge in [-0.05, 0) is 48.9 Å². The van der Waals surface area contributed by atoms with Crippen molar-refractivity contribution in [3.05, 3.63) is 70.4 Å². The Bertz CT molecular complexity index is 1860. The third-order valence-corrected chi connectivity index (χ3v) is 6.34. The molecule has 0 unspecified atom stereocenters. The number of methoxy groups -OCH3 is 1. The monoisotopic (exact) mass is 490 g/mol. The fraction of sp³-hybridized carbons (Fsp3) is 0.115. The van der Waals surface area contributed by atoms with Gasteiger partial charge >= 0.3 is 10.5 Å². The van der Waals surface area contributed by atoms with Crippen molar-refractivity contribution in [2.45, 2.75) is 13.5 Å². The molecular formula is C26H19FN2O5S. The predicted octanol–water partition coefficient (Wildman–Crippen LogP) is 4.91. The maximum Gasteiger partial charge on any atom is 0.488 e. The zero-order valence-corrected chi connectivity index (χ0v) is 19.6. The summed E-state index contributed by atoms with van der Waals surface area (Å²) in [5.41, 5.74) is 3.70. The lowest BCUT2D eigenvalue weighted by Gasteiger charge is -2.15. The van der Waals surface area contributed by atoms with Crippen LogP contribution in [0.1, 0.15) is 12.5 Å². The van der Waals surface area contributed by atoms with Crippen LogP contribution in [-0.4, -0.2) is 25.1 Å². The molecule has 1 N–H and O–H groups in total. The molecule has 2 aromatic heterocycles. The van der Waals surface area contributed by atoms with Crippen LogP contribution >= 0.6 is 0 Å². The van der Waals surface area contributed by atoms with Gasteiger partial charge in [-0.1, -0.05) is 28.0 Å². The van der Waals surface area contributed by atoms with Crippen LogP contribution in [-0.2, 0) is 17.0 Å². The van der Waals surface area contributed by atoms with Crippen molar-refractivity contribution < 1.29 is 21.2 Å². The first-order valence-corrected chi connectivity index (χ1v) is 12.0. The van der Waals surface area contributed by atoms with E-state index in [1.165, 1.54) is 25.3 Å². The summed E-state index contributed by atoms with van der Waals surface area (Å²) in [6, 6.07) is 14.9. The summed E-state index contributed by atoms with van der Waals surface area (Å²) in [5, 5.41) is 1.78. The van der Waals surface area contributed by atoms with Crippen LogP contribution in [0.5, 0.6) is 11.5 Å². The van der Waals surface area contributed by atoms with Gasteiger partial charge in [0.15, 0.2) is 5.43 Å². The molecule has 2 heterocycles. The lowest BCUT2D eigenvalue weighted by atomic mass is 10.0. The lowest BCUT2D eigenvalue weighted by molar-refractivity contribution is 0.417. The van der Waals surface area contributed by atoms with Gasteiger partial charge in [0.25, 0.3) is 0 Å². The van der Waals surface area contributed by atoms with Crippen LogP contribution in [0.25, 0.3) is 44.0 Å². The number of terminal acetylenes is 1. The molecule has 0 radical (unpaired) electrons. The third-order valence-electron chi connectivity index (χ3n) is 5.95. The van der Waals surface area contributed by atoms with E-state index in [0.29, 0.717) is 50.9 Å². The van der Waals surface area contributed by atoms with E-state index in [2.05, 4.69) is 15.1 Å². The Hall–Kier alpha value is -4.29. The highest BCUT2D eigenvalue weighted by Gasteiger charge is 2.19. The van der Waals surface area contributed by atoms with Gasteiger partial charge in [0, 0.05) is 28.6 Å². The zero-order chi connectivity index (χ0) is 24.9. The molecular weight excluding hydrogens is 471 g/mol. The Kier molecular flexibility index (Phi) is 5.26. The minimum absolute atomic E-state index is 0.162. The van der Waals surface area contributed by atoms with Gasteiger partial charge in [-0.25, -0.2) is 0 Å². The SMILES string of the molecule is C#Cc1ccc2c(c1)[nH]c1c2c(=O)c2cc(OC)c(-c3cccc(OS(=O)(=O)F)c3)cc2n1CC. The number of hydrogen-bond donors (Lipinski definition) is 1. The van der Waals surface area contributed by atoms with Crippen molar-refractivity contribution in [2.24, 2.45) is 0 Å². The predicted molar refractivity (Wildman–Crippen MR) is 134 cm³/mol. The average Bonchev–Trinajstić information content (AvgIpc) is 3.21. The fourth-order valence-corrected chi connectivity index (χ4v) is 4.82. The van der Waals surface area contributed by atoms with Gasteiger partial charge in [0.2, 0.25) is 0 Å². The topological polar surface area (TPSA) is 90.4 Å². The van der Waals surface area contributed by atoms with E-state index in [0.717, 1.165) is 10.9 Å². The number of aryl methyl sites for hydroxylation is 1. The van der Waals surface area contributed by atoms with Crippen LogP contribution in [0.2, 0.25) is 0 Å². The summed E-state index contributed by atoms with van der Waals surface area (Å²) in [6.07, 6.45) is 5.54. The number of nitrogens with one attached hydrogen (secondary N) is 1. The van der Waals surface area contributed by atoms with Crippen molar-refractivity contribution in [1.29, 1.82) is 0 Å². The number of halogens is 1. The summed E-state index contributed by atoms with van der Waals surface area (Å²) >= 11 is 0. The number of fused-ring (bicyclic) bond motifs is 4. The normalized spacial score (nSPS) is 11.7. The molecule has 3 aromatic carbocycles. The van der Waals surface area contributed by atoms with Gasteiger partial charge < -0.3 is 18.5 Å². The van der Waals surface area contributed by atoms with E-state index < -0.39 is 10.5 Å². The van der Waals surface area contributed by atoms with Crippen LogP contribution in [0.4, 0.5) is 3.89 Å². The summed E-state index contributed by atoms with van der Waals surface area (Å²) in [5.74, 6) is 2.82. The van der Waals surface area contributed by atoms with Crippen molar-refractivity contribution in [3.8, 4) is 35.0 Å². The van der Waals surface area contributed by atoms with E-state index in [1.807, 2.05) is 23.6 Å². The number of pyridine rings is 1. The fourth-order valence-electron chi connectivity index (χ4n) is 4.49. The molecule has 0 saturated heterocycles. The molecule has 0 aliphatic rings. The Morgan fingerprint density at radius 3 is 2.60 bits per heavy atom. The molecule has 0 spiro atoms. The average molecular weight is 491 g/mol. The highest BCUT2D eigenvalue weighted by molar-refractivity contribution is 7.81. The minimum atomic E-state index is -5.18. The van der Waals surface area contributed by atoms with Crippen LogP contribution < -0.4 is 14.3 Å². The van der Waals surface area contributed by atoms with E-state index in [-0.39, 0.29) is 11.2 Å². The number of hydrogen-bond acceptors (Lipinski definition) is 5. The molecule has 35 heavy (non-hydrogen) atoms. The van der Waals surface area contributed by atoms with Gasteiger partial charge in [-0.15, -0.1) is 6.42 Å². The molecule has 7 nitrogen and oxygen atoms in total. The smallest absolute Gasteiger partial charge is 0.488 e. The Balaban J connectivity index is 1.84. The molecule has 0 aliphatic carbocycles. The summed E-state index contributed by atoms with van der Waals surface area (Å²) in [6.45, 7) is 2.52. The molecule has 0 saturated carbocycles. The third kappa shape index (κ3) is 3.78. The van der Waals surface area contributed by atoms with Crippen molar-refractivity contribution >= 4 is 43.3 Å². The number of ether oxygens (including phenoxy) is 1. The second-order valence-corrected chi connectivity index (χ2v) is 8.85. The minimum Gasteiger partial charge on any atom is -0.496 e. The van der Waals surface area contributed by atoms with Crippen molar-refractivity contribution in [1.82, 2.24) is 9.55 Å². The Morgan fingerprint density at radius 1 is 1.11 bits per heavy atom. The maximum absolute atomic E-state index is 13.7. The molecule has 9 heteroatoms. The zero-order valence-electron chi connectivity index (χ0n) is 18.8. The number of aromatic amines is 1. The molecule has 0 aliphatic heterocycles. The molecule has 0 bridgehead atoms. The Morgan fingerprint density at radius 2 is 1.91 bits per heavy atom. The molecule has 176 valence electrons. The first kappa shape index (κ1) is 22.5. The molecule has 0 atom stereocenters. The van der Waals surface area contributed by atoms with Gasteiger partial charge in [0.1, 0.15) is 17.1 Å². The number of rotatable bonds is 5. The van der Waals surface area contributed by atoms with E-state index in [9.17, 15) is 17.1 Å². The number of nitrogens with zero attached hydrogens (tertiary/aromatic N) is 1. The standard InChI is InChI=1S/C26H19FN2O5S/c1-4-15-9-10-18-21(11-15)28-26-24(18)25(30)20-14-23(33-3)19(13-22(20)29(26)5-2)16-7-6-8-17(12-16)34-35(27,31)32/h1,6-14,28H,5H2,2-3H3. The van der Waals surface area contributed by atoms with Crippen LogP contribution in [0, 0.1) is 12.3 Å². The van der Waals surface area contributed by atoms with Gasteiger partial charge in [0.05, 0.1) is 23.4 Å². The largest absolute Gasteiger partial charge is 0.496 e. The second kappa shape index (κ2) is 8.18. The first-order chi connectivity index (χ1) is 16.7. The van der Waals surface area contributed by atoms with E-state index in [1.54, 1.807) is 24.3 Å². The second-order valence-electron chi connectivity index (χ2n) is 7.90. The molecule has 5 aromatic rings. The van der Waals surface area contributed by atoms with Gasteiger partial charge in [-0.3, -0.25) is 4.79 Å². The lowest BCUT2D eigenvalue weighted by Crippen LogP contribution is -2.11. The van der Waals surface area contributed by atoms with Crippen LogP contribution in [0.15, 0.2) is 59.4 Å². The van der Waals surface area contributed by atoms with Crippen LogP contribution in [0.3, 0.4) is 0 Å². The number of benzene rings is 3.